The number of nitrogens with zero attached hydrogens (tertiary/aromatic N) is 2. The Labute approximate surface area is 139 Å². The number of thiophene rings is 2. The van der Waals surface area contributed by atoms with Gasteiger partial charge in [0, 0.05) is 11.8 Å². The molecule has 0 aliphatic rings. The van der Waals surface area contributed by atoms with E-state index in [0.717, 1.165) is 20.4 Å². The van der Waals surface area contributed by atoms with E-state index in [-0.39, 0.29) is 5.91 Å². The third-order valence-electron chi connectivity index (χ3n) is 2.57. The van der Waals surface area contributed by atoms with Crippen molar-refractivity contribution >= 4 is 56.3 Å². The fourth-order valence-corrected chi connectivity index (χ4v) is 3.95. The van der Waals surface area contributed by atoms with Crippen molar-refractivity contribution < 1.29 is 4.79 Å². The lowest BCUT2D eigenvalue weighted by molar-refractivity contribution is -0.114. The first-order valence-corrected chi connectivity index (χ1v) is 8.95. The summed E-state index contributed by atoms with van der Waals surface area (Å²) < 4.78 is 0. The fourth-order valence-electron chi connectivity index (χ4n) is 1.71. The molecule has 0 atom stereocenters. The molecular formula is C14H12N4OS3. The number of amides is 1. The number of anilines is 2. The van der Waals surface area contributed by atoms with Crippen LogP contribution in [0.1, 0.15) is 11.8 Å². The van der Waals surface area contributed by atoms with Gasteiger partial charge in [-0.2, -0.15) is 5.10 Å². The van der Waals surface area contributed by atoms with Gasteiger partial charge < -0.3 is 5.32 Å². The Morgan fingerprint density at radius 1 is 1.27 bits per heavy atom. The molecule has 3 aromatic heterocycles. The lowest BCUT2D eigenvalue weighted by Crippen LogP contribution is -2.04. The number of aromatic nitrogens is 1. The number of rotatable bonds is 5. The maximum atomic E-state index is 11.3. The van der Waals surface area contributed by atoms with Gasteiger partial charge in [-0.15, -0.1) is 22.7 Å². The van der Waals surface area contributed by atoms with Crippen molar-refractivity contribution in [3.05, 3.63) is 39.9 Å². The van der Waals surface area contributed by atoms with Crippen LogP contribution in [0.3, 0.4) is 0 Å². The Kier molecular flexibility index (Phi) is 4.62. The molecule has 3 rings (SSSR count). The molecule has 22 heavy (non-hydrogen) atoms. The molecule has 2 N–H and O–H groups in total. The van der Waals surface area contributed by atoms with Crippen LogP contribution < -0.4 is 10.7 Å². The van der Waals surface area contributed by atoms with Crippen LogP contribution in [0.15, 0.2) is 40.1 Å². The molecule has 0 aromatic carbocycles. The molecule has 0 fully saturated rings. The smallest absolute Gasteiger partial charge is 0.221 e. The van der Waals surface area contributed by atoms with E-state index in [0.29, 0.717) is 5.13 Å². The van der Waals surface area contributed by atoms with Crippen LogP contribution in [0.4, 0.5) is 10.1 Å². The molecule has 0 aliphatic carbocycles. The molecule has 8 heteroatoms. The van der Waals surface area contributed by atoms with Crippen LogP contribution in [0.5, 0.6) is 0 Å². The van der Waals surface area contributed by atoms with E-state index in [9.17, 15) is 4.79 Å². The molecule has 0 radical (unpaired) electrons. The zero-order chi connectivity index (χ0) is 15.4. The van der Waals surface area contributed by atoms with Crippen LogP contribution in [0, 0.1) is 0 Å². The van der Waals surface area contributed by atoms with Crippen molar-refractivity contribution in [2.45, 2.75) is 6.92 Å². The summed E-state index contributed by atoms with van der Waals surface area (Å²) >= 11 is 4.56. The molecule has 0 unspecified atom stereocenters. The average Bonchev–Trinajstić information content (AvgIpc) is 3.18. The van der Waals surface area contributed by atoms with Gasteiger partial charge >= 0.3 is 0 Å². The lowest BCUT2D eigenvalue weighted by atomic mass is 10.3. The largest absolute Gasteiger partial charge is 0.316 e. The molecule has 3 aromatic rings. The number of carbonyl (C=O) groups is 1. The second-order valence-electron chi connectivity index (χ2n) is 4.24. The second kappa shape index (κ2) is 6.82. The van der Waals surface area contributed by atoms with Crippen LogP contribution in [-0.2, 0) is 4.79 Å². The highest BCUT2D eigenvalue weighted by atomic mass is 32.1. The maximum absolute atomic E-state index is 11.3. The summed E-state index contributed by atoms with van der Waals surface area (Å²) in [4.78, 5) is 17.9. The SMILES string of the molecule is CC(=O)Nc1sc(N/N=C/c2cccs2)nc1-c1cccs1. The average molecular weight is 348 g/mol. The Morgan fingerprint density at radius 3 is 2.77 bits per heavy atom. The van der Waals surface area contributed by atoms with Gasteiger partial charge in [0.1, 0.15) is 10.7 Å². The molecule has 3 heterocycles. The zero-order valence-electron chi connectivity index (χ0n) is 11.6. The van der Waals surface area contributed by atoms with Crippen LogP contribution >= 0.6 is 34.0 Å². The summed E-state index contributed by atoms with van der Waals surface area (Å²) in [6.07, 6.45) is 1.74. The Bertz CT molecular complexity index is 775. The van der Waals surface area contributed by atoms with Gasteiger partial charge in [0.25, 0.3) is 0 Å². The van der Waals surface area contributed by atoms with Gasteiger partial charge in [-0.05, 0) is 22.9 Å². The first-order chi connectivity index (χ1) is 10.7. The van der Waals surface area contributed by atoms with Crippen molar-refractivity contribution in [2.75, 3.05) is 10.7 Å². The van der Waals surface area contributed by atoms with Gasteiger partial charge in [0.15, 0.2) is 0 Å². The summed E-state index contributed by atoms with van der Waals surface area (Å²) in [6, 6.07) is 7.89. The molecular weight excluding hydrogens is 336 g/mol. The number of nitrogens with one attached hydrogen (secondary N) is 2. The van der Waals surface area contributed by atoms with Crippen molar-refractivity contribution in [2.24, 2.45) is 5.10 Å². The zero-order valence-corrected chi connectivity index (χ0v) is 14.0. The highest BCUT2D eigenvalue weighted by Gasteiger charge is 2.14. The standard InChI is InChI=1S/C14H12N4OS3/c1-9(19)16-13-12(11-5-3-7-21-11)17-14(22-13)18-15-8-10-4-2-6-20-10/h2-8H,1H3,(H,16,19)(H,17,18)/b15-8+. The third kappa shape index (κ3) is 3.59. The van der Waals surface area contributed by atoms with E-state index in [1.54, 1.807) is 28.9 Å². The lowest BCUT2D eigenvalue weighted by Gasteiger charge is -1.99. The molecule has 0 bridgehead atoms. The van der Waals surface area contributed by atoms with E-state index in [4.69, 9.17) is 0 Å². The fraction of sp³-hybridized carbons (Fsp3) is 0.0714. The minimum absolute atomic E-state index is 0.116. The number of hydrogen-bond donors (Lipinski definition) is 2. The Hall–Kier alpha value is -2.03. The summed E-state index contributed by atoms with van der Waals surface area (Å²) in [6.45, 7) is 1.49. The topological polar surface area (TPSA) is 66.4 Å². The van der Waals surface area contributed by atoms with Gasteiger partial charge in [0.2, 0.25) is 11.0 Å². The molecule has 0 saturated carbocycles. The molecule has 112 valence electrons. The number of carbonyl (C=O) groups excluding carboxylic acids is 1. The monoisotopic (exact) mass is 348 g/mol. The molecule has 0 aliphatic heterocycles. The van der Waals surface area contributed by atoms with Crippen molar-refractivity contribution in [1.29, 1.82) is 0 Å². The first-order valence-electron chi connectivity index (χ1n) is 6.37. The van der Waals surface area contributed by atoms with Crippen molar-refractivity contribution in [1.82, 2.24) is 4.98 Å². The van der Waals surface area contributed by atoms with E-state index in [1.807, 2.05) is 35.0 Å². The molecule has 0 spiro atoms. The highest BCUT2D eigenvalue weighted by Crippen LogP contribution is 2.37. The number of hydrazone groups is 1. The first kappa shape index (κ1) is 14.9. The van der Waals surface area contributed by atoms with Gasteiger partial charge in [-0.3, -0.25) is 10.2 Å². The predicted molar refractivity (Wildman–Crippen MR) is 95.3 cm³/mol. The Morgan fingerprint density at radius 2 is 2.09 bits per heavy atom. The summed E-state index contributed by atoms with van der Waals surface area (Å²) in [5.41, 5.74) is 3.68. The normalized spacial score (nSPS) is 11.0. The van der Waals surface area contributed by atoms with Crippen molar-refractivity contribution in [3.63, 3.8) is 0 Å². The molecule has 0 saturated heterocycles. The third-order valence-corrected chi connectivity index (χ3v) is 5.13. The van der Waals surface area contributed by atoms with Crippen LogP contribution in [-0.4, -0.2) is 17.1 Å². The number of hydrogen-bond acceptors (Lipinski definition) is 7. The minimum Gasteiger partial charge on any atom is -0.316 e. The van der Waals surface area contributed by atoms with E-state index >= 15 is 0 Å². The van der Waals surface area contributed by atoms with Gasteiger partial charge in [-0.25, -0.2) is 4.98 Å². The summed E-state index contributed by atoms with van der Waals surface area (Å²) in [5.74, 6) is -0.116. The second-order valence-corrected chi connectivity index (χ2v) is 7.17. The Balaban J connectivity index is 1.81. The van der Waals surface area contributed by atoms with Crippen LogP contribution in [0.2, 0.25) is 0 Å². The van der Waals surface area contributed by atoms with Gasteiger partial charge in [-0.1, -0.05) is 23.5 Å². The summed E-state index contributed by atoms with van der Waals surface area (Å²) in [7, 11) is 0. The predicted octanol–water partition coefficient (Wildman–Crippen LogP) is 4.34. The molecule has 5 nitrogen and oxygen atoms in total. The van der Waals surface area contributed by atoms with Crippen LogP contribution in [0.25, 0.3) is 10.6 Å². The summed E-state index contributed by atoms with van der Waals surface area (Å²) in [5, 5.41) is 12.3. The van der Waals surface area contributed by atoms with Crippen molar-refractivity contribution in [3.8, 4) is 10.6 Å². The number of thiazole rings is 1. The highest BCUT2D eigenvalue weighted by molar-refractivity contribution is 7.21. The van der Waals surface area contributed by atoms with E-state index in [2.05, 4.69) is 20.8 Å². The quantitative estimate of drug-likeness (QED) is 0.532. The minimum atomic E-state index is -0.116. The maximum Gasteiger partial charge on any atom is 0.221 e. The molecule has 1 amide bonds. The van der Waals surface area contributed by atoms with Gasteiger partial charge in [0.05, 0.1) is 11.1 Å². The van der Waals surface area contributed by atoms with E-state index < -0.39 is 0 Å². The van der Waals surface area contributed by atoms with E-state index in [1.165, 1.54) is 18.3 Å².